The molecule has 0 aliphatic carbocycles. The van der Waals surface area contributed by atoms with Crippen molar-refractivity contribution in [3.8, 4) is 0 Å². The molecule has 0 aliphatic heterocycles. The number of hydrogen-bond donors (Lipinski definition) is 1. The number of hydrogen-bond acceptors (Lipinski definition) is 2. The molecule has 0 radical (unpaired) electrons. The van der Waals surface area contributed by atoms with Crippen molar-refractivity contribution in [3.05, 3.63) is 0 Å². The largest absolute Gasteiger partial charge is 0.389 e. The second-order valence-electron chi connectivity index (χ2n) is 2.07. The lowest BCUT2D eigenvalue weighted by Gasteiger charge is -2.05. The molecule has 0 heterocycles. The fraction of sp³-hybridized carbons (Fsp3) is 0.833. The Bertz CT molecular complexity index is 146. The van der Waals surface area contributed by atoms with Crippen LogP contribution in [-0.2, 0) is 9.63 Å². The summed E-state index contributed by atoms with van der Waals surface area (Å²) < 4.78 is 34.6. The number of rotatable bonds is 4. The molecule has 1 amide bonds. The van der Waals surface area contributed by atoms with Gasteiger partial charge in [0.25, 0.3) is 0 Å². The minimum Gasteiger partial charge on any atom is -0.274 e. The number of amides is 1. The predicted molar refractivity (Wildman–Crippen MR) is 35.1 cm³/mol. The first kappa shape index (κ1) is 11.2. The lowest BCUT2D eigenvalue weighted by atomic mass is 10.3. The van der Waals surface area contributed by atoms with Crippen LogP contribution in [0, 0.1) is 0 Å². The molecule has 72 valence electrons. The van der Waals surface area contributed by atoms with Gasteiger partial charge >= 0.3 is 6.18 Å². The van der Waals surface area contributed by atoms with E-state index in [2.05, 4.69) is 4.84 Å². The van der Waals surface area contributed by atoms with Crippen molar-refractivity contribution >= 4 is 5.91 Å². The van der Waals surface area contributed by atoms with E-state index in [4.69, 9.17) is 0 Å². The zero-order valence-corrected chi connectivity index (χ0v) is 6.57. The summed E-state index contributed by atoms with van der Waals surface area (Å²) in [7, 11) is 0. The molecule has 0 aliphatic rings. The summed E-state index contributed by atoms with van der Waals surface area (Å²) >= 11 is 0. The van der Waals surface area contributed by atoms with Gasteiger partial charge in [-0.3, -0.25) is 9.63 Å². The van der Waals surface area contributed by atoms with Crippen LogP contribution in [0.25, 0.3) is 0 Å². The summed E-state index contributed by atoms with van der Waals surface area (Å²) in [6.45, 7) is 1.85. The minimum absolute atomic E-state index is 0.234. The van der Waals surface area contributed by atoms with Gasteiger partial charge in [0.2, 0.25) is 5.91 Å². The van der Waals surface area contributed by atoms with Crippen LogP contribution < -0.4 is 5.48 Å². The highest BCUT2D eigenvalue weighted by Crippen LogP contribution is 2.20. The first-order valence-corrected chi connectivity index (χ1v) is 3.43. The molecule has 0 rings (SSSR count). The van der Waals surface area contributed by atoms with E-state index >= 15 is 0 Å². The van der Waals surface area contributed by atoms with Crippen LogP contribution in [-0.4, -0.2) is 18.7 Å². The van der Waals surface area contributed by atoms with E-state index < -0.39 is 24.9 Å². The molecule has 1 N–H and O–H groups in total. The van der Waals surface area contributed by atoms with Gasteiger partial charge in [0.15, 0.2) is 0 Å². The Morgan fingerprint density at radius 1 is 1.50 bits per heavy atom. The van der Waals surface area contributed by atoms with Crippen molar-refractivity contribution in [3.63, 3.8) is 0 Å². The van der Waals surface area contributed by atoms with E-state index in [0.29, 0.717) is 0 Å². The summed E-state index contributed by atoms with van der Waals surface area (Å²) in [5.41, 5.74) is 1.87. The molecule has 0 fully saturated rings. The van der Waals surface area contributed by atoms with Crippen LogP contribution in [0.2, 0.25) is 0 Å². The summed E-state index contributed by atoms with van der Waals surface area (Å²) in [5.74, 6) is -0.755. The predicted octanol–water partition coefficient (Wildman–Crippen LogP) is 1.40. The van der Waals surface area contributed by atoms with Crippen LogP contribution >= 0.6 is 0 Å². The van der Waals surface area contributed by atoms with Crippen LogP contribution in [0.15, 0.2) is 0 Å². The van der Waals surface area contributed by atoms with Crippen LogP contribution in [0.3, 0.4) is 0 Å². The highest BCUT2D eigenvalue weighted by atomic mass is 19.4. The molecule has 0 aromatic heterocycles. The summed E-state index contributed by atoms with van der Waals surface area (Å²) in [5, 5.41) is 0. The SMILES string of the molecule is CCONC(=O)CCC(F)(F)F. The summed E-state index contributed by atoms with van der Waals surface area (Å²) in [4.78, 5) is 14.9. The average molecular weight is 185 g/mol. The third-order valence-corrected chi connectivity index (χ3v) is 0.966. The third kappa shape index (κ3) is 7.33. The highest BCUT2D eigenvalue weighted by molar-refractivity contribution is 5.74. The quantitative estimate of drug-likeness (QED) is 0.672. The van der Waals surface area contributed by atoms with Crippen LogP contribution in [0.4, 0.5) is 13.2 Å². The Hall–Kier alpha value is -0.780. The van der Waals surface area contributed by atoms with Crippen molar-refractivity contribution < 1.29 is 22.8 Å². The summed E-state index contributed by atoms with van der Waals surface area (Å²) in [6.07, 6.45) is -6.00. The Labute approximate surface area is 67.8 Å². The third-order valence-electron chi connectivity index (χ3n) is 0.966. The molecule has 0 unspecified atom stereocenters. The Balaban J connectivity index is 3.44. The van der Waals surface area contributed by atoms with Gasteiger partial charge < -0.3 is 0 Å². The molecule has 0 bridgehead atoms. The van der Waals surface area contributed by atoms with Gasteiger partial charge in [-0.1, -0.05) is 0 Å². The van der Waals surface area contributed by atoms with E-state index in [0.717, 1.165) is 0 Å². The maximum absolute atomic E-state index is 11.5. The maximum atomic E-state index is 11.5. The van der Waals surface area contributed by atoms with Crippen molar-refractivity contribution in [1.29, 1.82) is 0 Å². The zero-order valence-electron chi connectivity index (χ0n) is 6.57. The Morgan fingerprint density at radius 3 is 2.50 bits per heavy atom. The molecule has 0 spiro atoms. The first-order chi connectivity index (χ1) is 5.45. The number of nitrogens with one attached hydrogen (secondary N) is 1. The lowest BCUT2D eigenvalue weighted by molar-refractivity contribution is -0.149. The molecule has 0 saturated carbocycles. The van der Waals surface area contributed by atoms with Crippen molar-refractivity contribution in [2.75, 3.05) is 6.61 Å². The number of alkyl halides is 3. The zero-order chi connectivity index (χ0) is 9.61. The van der Waals surface area contributed by atoms with Gasteiger partial charge in [0, 0.05) is 6.42 Å². The second kappa shape index (κ2) is 4.97. The molecule has 0 aromatic carbocycles. The standard InChI is InChI=1S/C6H10F3NO2/c1-2-12-10-5(11)3-4-6(7,8)9/h2-4H2,1H3,(H,10,11). The first-order valence-electron chi connectivity index (χ1n) is 3.43. The number of carbonyl (C=O) groups is 1. The molecular formula is C6H10F3NO2. The van der Waals surface area contributed by atoms with Crippen molar-refractivity contribution in [2.45, 2.75) is 25.9 Å². The van der Waals surface area contributed by atoms with Gasteiger partial charge in [0.1, 0.15) is 0 Å². The number of halogens is 3. The Morgan fingerprint density at radius 2 is 2.08 bits per heavy atom. The molecule has 0 saturated heterocycles. The normalized spacial score (nSPS) is 11.3. The van der Waals surface area contributed by atoms with Crippen molar-refractivity contribution in [1.82, 2.24) is 5.48 Å². The second-order valence-corrected chi connectivity index (χ2v) is 2.07. The van der Waals surface area contributed by atoms with Gasteiger partial charge in [-0.2, -0.15) is 13.2 Å². The minimum atomic E-state index is -4.29. The van der Waals surface area contributed by atoms with Crippen LogP contribution in [0.1, 0.15) is 19.8 Å². The lowest BCUT2D eigenvalue weighted by Crippen LogP contribution is -2.25. The Kier molecular flexibility index (Phi) is 4.65. The molecule has 0 aromatic rings. The highest BCUT2D eigenvalue weighted by Gasteiger charge is 2.27. The monoisotopic (exact) mass is 185 g/mol. The van der Waals surface area contributed by atoms with Crippen molar-refractivity contribution in [2.24, 2.45) is 0 Å². The van der Waals surface area contributed by atoms with E-state index in [1.807, 2.05) is 5.48 Å². The van der Waals surface area contributed by atoms with Gasteiger partial charge in [-0.05, 0) is 6.92 Å². The topological polar surface area (TPSA) is 38.3 Å². The molecule has 0 atom stereocenters. The number of hydroxylamine groups is 1. The van der Waals surface area contributed by atoms with E-state index in [9.17, 15) is 18.0 Å². The van der Waals surface area contributed by atoms with E-state index in [1.54, 1.807) is 6.92 Å². The number of carbonyl (C=O) groups excluding carboxylic acids is 1. The molecule has 12 heavy (non-hydrogen) atoms. The van der Waals surface area contributed by atoms with E-state index in [1.165, 1.54) is 0 Å². The average Bonchev–Trinajstić information content (AvgIpc) is 1.95. The fourth-order valence-corrected chi connectivity index (χ4v) is 0.459. The molecule has 3 nitrogen and oxygen atoms in total. The fourth-order valence-electron chi connectivity index (χ4n) is 0.459. The maximum Gasteiger partial charge on any atom is 0.389 e. The molecule has 6 heteroatoms. The van der Waals surface area contributed by atoms with E-state index in [-0.39, 0.29) is 6.61 Å². The molecular weight excluding hydrogens is 175 g/mol. The van der Waals surface area contributed by atoms with Gasteiger partial charge in [-0.15, -0.1) is 0 Å². The smallest absolute Gasteiger partial charge is 0.274 e. The van der Waals surface area contributed by atoms with Crippen LogP contribution in [0.5, 0.6) is 0 Å². The van der Waals surface area contributed by atoms with Gasteiger partial charge in [-0.25, -0.2) is 5.48 Å². The van der Waals surface area contributed by atoms with Gasteiger partial charge in [0.05, 0.1) is 13.0 Å². The summed E-state index contributed by atoms with van der Waals surface area (Å²) in [6, 6.07) is 0.